The first-order valence-corrected chi connectivity index (χ1v) is 33.8. The van der Waals surface area contributed by atoms with Crippen molar-refractivity contribution in [3.05, 3.63) is 12.2 Å². The van der Waals surface area contributed by atoms with E-state index >= 15 is 0 Å². The van der Waals surface area contributed by atoms with E-state index < -0.39 is 36.5 Å². The Labute approximate surface area is 462 Å². The van der Waals surface area contributed by atoms with Gasteiger partial charge in [-0.3, -0.25) is 9.59 Å². The molecule has 0 aliphatic carbocycles. The molecule has 1 rings (SSSR count). The number of aliphatic hydroxyl groups is 2. The van der Waals surface area contributed by atoms with Gasteiger partial charge in [0.1, 0.15) is 13.2 Å². The highest BCUT2D eigenvalue weighted by atomic mass is 16.6. The number of cyclic esters (lactones) is 2. The molecule has 1 heterocycles. The summed E-state index contributed by atoms with van der Waals surface area (Å²) in [5.74, 6) is -1.40. The zero-order valence-corrected chi connectivity index (χ0v) is 49.9. The van der Waals surface area contributed by atoms with Crippen LogP contribution in [0.25, 0.3) is 0 Å². The van der Waals surface area contributed by atoms with Crippen LogP contribution in [0.5, 0.6) is 0 Å². The quantitative estimate of drug-likeness (QED) is 0.0358. The van der Waals surface area contributed by atoms with Gasteiger partial charge in [-0.05, 0) is 32.1 Å². The van der Waals surface area contributed by atoms with Crippen molar-refractivity contribution in [3.63, 3.8) is 0 Å². The number of unbranched alkanes of at least 4 members (excludes halogenated alkanes) is 53. The molecule has 1 aliphatic heterocycles. The molecule has 2 N–H and O–H groups in total. The third-order valence-corrected chi connectivity index (χ3v) is 16.8. The predicted octanol–water partition coefficient (Wildman–Crippen LogP) is 21.5. The van der Waals surface area contributed by atoms with E-state index in [-0.39, 0.29) is 19.6 Å². The van der Waals surface area contributed by atoms with Crippen molar-refractivity contribution in [1.82, 2.24) is 0 Å². The van der Waals surface area contributed by atoms with Gasteiger partial charge in [0.05, 0.1) is 31.0 Å². The molecule has 438 valence electrons. The molecule has 0 aromatic carbocycles. The highest BCUT2D eigenvalue weighted by Gasteiger charge is 2.36. The Morgan fingerprint density at radius 2 is 0.581 bits per heavy atom. The Bertz CT molecular complexity index is 1160. The second-order valence-electron chi connectivity index (χ2n) is 24.2. The second-order valence-corrected chi connectivity index (χ2v) is 24.2. The Morgan fingerprint density at radius 1 is 0.351 bits per heavy atom. The summed E-state index contributed by atoms with van der Waals surface area (Å²) in [7, 11) is 0. The van der Waals surface area contributed by atoms with Crippen LogP contribution >= 0.6 is 0 Å². The van der Waals surface area contributed by atoms with Crippen LogP contribution in [0.4, 0.5) is 0 Å². The summed E-state index contributed by atoms with van der Waals surface area (Å²) in [5.41, 5.74) is -1.12. The standard InChI is InChI=1S/C68H130O6/c1-2-3-4-5-6-7-8-9-10-11-12-13-14-15-16-17-18-19-20-21-22-23-24-25-26-27-28-29-30-31-32-33-34-35-36-37-38-39-40-41-42-43-44-45-46-47-48-49-50-51-52-53-54-55-56-57-58-59-65-60-66(71)73-63-68(61-69,62-70)64-74-67(65)72/h37-38,65,69-70H,2-36,39-64H2,1H3/b38-37+. The summed E-state index contributed by atoms with van der Waals surface area (Å²) in [6, 6.07) is 0. The van der Waals surface area contributed by atoms with Crippen LogP contribution in [0, 0.1) is 11.3 Å². The Hall–Kier alpha value is -1.40. The highest BCUT2D eigenvalue weighted by Crippen LogP contribution is 2.25. The number of ether oxygens (including phenoxy) is 2. The summed E-state index contributed by atoms with van der Waals surface area (Å²) in [6.07, 6.45) is 83.1. The van der Waals surface area contributed by atoms with Crippen LogP contribution in [0.15, 0.2) is 12.2 Å². The van der Waals surface area contributed by atoms with Gasteiger partial charge in [0.2, 0.25) is 0 Å². The number of allylic oxidation sites excluding steroid dienone is 2. The van der Waals surface area contributed by atoms with Crippen molar-refractivity contribution >= 4 is 11.9 Å². The fourth-order valence-corrected chi connectivity index (χ4v) is 11.3. The molecule has 1 saturated heterocycles. The number of esters is 2. The molecule has 6 nitrogen and oxygen atoms in total. The van der Waals surface area contributed by atoms with Gasteiger partial charge in [0, 0.05) is 0 Å². The van der Waals surface area contributed by atoms with E-state index in [0.29, 0.717) is 6.42 Å². The van der Waals surface area contributed by atoms with Gasteiger partial charge in [-0.25, -0.2) is 0 Å². The van der Waals surface area contributed by atoms with Crippen molar-refractivity contribution in [2.24, 2.45) is 11.3 Å². The van der Waals surface area contributed by atoms with Crippen molar-refractivity contribution < 1.29 is 29.3 Å². The predicted molar refractivity (Wildman–Crippen MR) is 320 cm³/mol. The van der Waals surface area contributed by atoms with Crippen LogP contribution in [0.2, 0.25) is 0 Å². The molecule has 1 aliphatic rings. The van der Waals surface area contributed by atoms with E-state index in [2.05, 4.69) is 19.1 Å². The Morgan fingerprint density at radius 3 is 0.838 bits per heavy atom. The fraction of sp³-hybridized carbons (Fsp3) is 0.941. The van der Waals surface area contributed by atoms with Gasteiger partial charge in [-0.15, -0.1) is 0 Å². The minimum absolute atomic E-state index is 0.00392. The third kappa shape index (κ3) is 48.9. The molecule has 0 spiro atoms. The SMILES string of the molecule is CCCCCCCCCCCCCCCCCCCCCCCCCCCCCCCCCCCC/C=C/CCCCCCCCCCCCCCCCCCCCCC1CC(=O)OCC(CO)(CO)COC1=O. The topological polar surface area (TPSA) is 93.1 Å². The van der Waals surface area contributed by atoms with Crippen molar-refractivity contribution in [1.29, 1.82) is 0 Å². The molecule has 1 fully saturated rings. The first kappa shape index (κ1) is 70.6. The van der Waals surface area contributed by atoms with E-state index in [1.807, 2.05) is 0 Å². The average Bonchev–Trinajstić information content (AvgIpc) is 3.47. The fourth-order valence-electron chi connectivity index (χ4n) is 11.3. The number of hydrogen-bond donors (Lipinski definition) is 2. The smallest absolute Gasteiger partial charge is 0.309 e. The zero-order chi connectivity index (χ0) is 53.2. The van der Waals surface area contributed by atoms with Crippen molar-refractivity contribution in [2.75, 3.05) is 26.4 Å². The molecule has 0 bridgehead atoms. The Balaban J connectivity index is 1.68. The normalized spacial score (nSPS) is 15.1. The molecule has 0 aromatic heterocycles. The molecular formula is C68H130O6. The maximum atomic E-state index is 12.6. The molecule has 0 radical (unpaired) electrons. The first-order valence-electron chi connectivity index (χ1n) is 33.8. The number of aliphatic hydroxyl groups excluding tert-OH is 2. The number of rotatable bonds is 59. The molecular weight excluding hydrogens is 913 g/mol. The lowest BCUT2D eigenvalue weighted by Crippen LogP contribution is -2.40. The summed E-state index contributed by atoms with van der Waals surface area (Å²) in [6.45, 7) is 1.21. The van der Waals surface area contributed by atoms with Crippen LogP contribution in [-0.4, -0.2) is 48.6 Å². The average molecular weight is 1040 g/mol. The molecule has 74 heavy (non-hydrogen) atoms. The Kier molecular flexibility index (Phi) is 55.1. The molecule has 0 amide bonds. The number of hydrogen-bond acceptors (Lipinski definition) is 6. The third-order valence-electron chi connectivity index (χ3n) is 16.8. The van der Waals surface area contributed by atoms with E-state index in [0.717, 1.165) is 19.3 Å². The maximum absolute atomic E-state index is 12.6. The highest BCUT2D eigenvalue weighted by molar-refractivity contribution is 5.80. The van der Waals surface area contributed by atoms with Crippen LogP contribution in [-0.2, 0) is 19.1 Å². The largest absolute Gasteiger partial charge is 0.465 e. The van der Waals surface area contributed by atoms with Gasteiger partial charge >= 0.3 is 11.9 Å². The summed E-state index contributed by atoms with van der Waals surface area (Å²) < 4.78 is 10.6. The summed E-state index contributed by atoms with van der Waals surface area (Å²) >= 11 is 0. The maximum Gasteiger partial charge on any atom is 0.309 e. The van der Waals surface area contributed by atoms with Gasteiger partial charge in [0.25, 0.3) is 0 Å². The first-order chi connectivity index (χ1) is 36.6. The zero-order valence-electron chi connectivity index (χ0n) is 49.9. The molecule has 1 atom stereocenters. The van der Waals surface area contributed by atoms with E-state index in [1.54, 1.807) is 0 Å². The minimum Gasteiger partial charge on any atom is -0.465 e. The number of carbonyl (C=O) groups excluding carboxylic acids is 2. The molecule has 1 unspecified atom stereocenters. The van der Waals surface area contributed by atoms with Gasteiger partial charge < -0.3 is 19.7 Å². The van der Waals surface area contributed by atoms with E-state index in [1.165, 1.54) is 334 Å². The second kappa shape index (κ2) is 57.8. The molecule has 0 saturated carbocycles. The van der Waals surface area contributed by atoms with Crippen LogP contribution < -0.4 is 0 Å². The van der Waals surface area contributed by atoms with Crippen LogP contribution in [0.3, 0.4) is 0 Å². The van der Waals surface area contributed by atoms with Gasteiger partial charge in [-0.1, -0.05) is 347 Å². The van der Waals surface area contributed by atoms with E-state index in [4.69, 9.17) is 9.47 Å². The summed E-state index contributed by atoms with van der Waals surface area (Å²) in [5, 5.41) is 19.2. The summed E-state index contributed by atoms with van der Waals surface area (Å²) in [4.78, 5) is 24.8. The lowest BCUT2D eigenvalue weighted by molar-refractivity contribution is -0.155. The van der Waals surface area contributed by atoms with Crippen molar-refractivity contribution in [2.45, 2.75) is 373 Å². The molecule has 0 aromatic rings. The minimum atomic E-state index is -1.12. The van der Waals surface area contributed by atoms with Gasteiger partial charge in [0.15, 0.2) is 0 Å². The van der Waals surface area contributed by atoms with Crippen LogP contribution in [0.1, 0.15) is 373 Å². The monoisotopic (exact) mass is 1040 g/mol. The lowest BCUT2D eigenvalue weighted by atomic mass is 9.92. The van der Waals surface area contributed by atoms with E-state index in [9.17, 15) is 19.8 Å². The van der Waals surface area contributed by atoms with Crippen molar-refractivity contribution in [3.8, 4) is 0 Å². The number of carbonyl (C=O) groups is 2. The lowest BCUT2D eigenvalue weighted by Gasteiger charge is -2.27. The molecule has 6 heteroatoms. The van der Waals surface area contributed by atoms with Gasteiger partial charge in [-0.2, -0.15) is 0 Å².